The van der Waals surface area contributed by atoms with E-state index in [1.54, 1.807) is 0 Å². The summed E-state index contributed by atoms with van der Waals surface area (Å²) in [5.74, 6) is -6.62. The number of anilines is 1. The van der Waals surface area contributed by atoms with Crippen LogP contribution in [0.2, 0.25) is 0 Å². The van der Waals surface area contributed by atoms with E-state index in [9.17, 15) is 57.8 Å². The maximum absolute atomic E-state index is 13.2. The second-order valence-electron chi connectivity index (χ2n) is 15.3. The Hall–Kier alpha value is -4.98. The van der Waals surface area contributed by atoms with Crippen LogP contribution in [-0.4, -0.2) is 149 Å². The highest BCUT2D eigenvalue weighted by atomic mass is 79.9. The molecule has 10 amide bonds. The van der Waals surface area contributed by atoms with Crippen molar-refractivity contribution in [2.24, 2.45) is 0 Å². The maximum atomic E-state index is 13.2. The highest BCUT2D eigenvalue weighted by molar-refractivity contribution is 9.11. The van der Waals surface area contributed by atoms with Crippen LogP contribution in [-0.2, 0) is 59.3 Å². The molecule has 1 saturated carbocycles. The van der Waals surface area contributed by atoms with E-state index >= 15 is 0 Å². The minimum absolute atomic E-state index is 0.00640. The Morgan fingerprint density at radius 2 is 1.32 bits per heavy atom. The lowest BCUT2D eigenvalue weighted by Crippen LogP contribution is -2.51. The van der Waals surface area contributed by atoms with Gasteiger partial charge in [-0.2, -0.15) is 0 Å². The number of aliphatic hydroxyl groups excluding tert-OH is 1. The Labute approximate surface area is 396 Å². The number of nitrogens with one attached hydrogen (secondary N) is 9. The van der Waals surface area contributed by atoms with E-state index in [0.29, 0.717) is 16.7 Å². The van der Waals surface area contributed by atoms with Gasteiger partial charge in [0.05, 0.1) is 55.8 Å². The van der Waals surface area contributed by atoms with Gasteiger partial charge in [0.2, 0.25) is 59.1 Å². The molecule has 25 heteroatoms. The van der Waals surface area contributed by atoms with Gasteiger partial charge in [-0.1, -0.05) is 15.9 Å². The number of carbonyl (C=O) groups is 11. The Morgan fingerprint density at radius 1 is 0.769 bits per heavy atom. The minimum Gasteiger partial charge on any atom is -0.393 e. The molecular weight excluding hydrogens is 1000 g/mol. The van der Waals surface area contributed by atoms with Crippen LogP contribution < -0.4 is 47.9 Å². The summed E-state index contributed by atoms with van der Waals surface area (Å²) >= 11 is 8.00. The standard InChI is InChI=1S/C40H56Br2N10O12S/c1-21(22(2)53)49-36(61)19-47-34(59)17-45-32(57)15-44-33(58)16-46-35(60)18-48-39(63)29(50-23(3)54)20-65-30-13-37(62)52(40(30)64)10-4-5-31(56)51-38-24(11-25(41)12-28(38)42)14-43-26-6-8-27(55)9-7-26/h11-12,21,26-27,29-30,43,55H,4-10,13-20H2,1-3H3,(H,44,58)(H,45,57)(H,46,60)(H,47,59)(H,48,63)(H,49,61)(H,50,54)(H,51,56)/t21?,26-,27-,29?,30?. The van der Waals surface area contributed by atoms with Crippen LogP contribution >= 0.6 is 43.6 Å². The second-order valence-corrected chi connectivity index (χ2v) is 18.4. The van der Waals surface area contributed by atoms with Crippen molar-refractivity contribution in [2.45, 2.75) is 102 Å². The number of carbonyl (C=O) groups excluding carboxylic acids is 11. The van der Waals surface area contributed by atoms with Gasteiger partial charge in [0.25, 0.3) is 0 Å². The highest BCUT2D eigenvalue weighted by Gasteiger charge is 2.39. The summed E-state index contributed by atoms with van der Waals surface area (Å²) in [6, 6.07) is 2.04. The normalized spacial score (nSPS) is 17.8. The number of imide groups is 1. The summed E-state index contributed by atoms with van der Waals surface area (Å²) in [5.41, 5.74) is 1.44. The van der Waals surface area contributed by atoms with E-state index < -0.39 is 103 Å². The zero-order chi connectivity index (χ0) is 48.2. The first kappa shape index (κ1) is 54.4. The first-order chi connectivity index (χ1) is 30.7. The number of aliphatic hydroxyl groups is 1. The quantitative estimate of drug-likeness (QED) is 0.0492. The largest absolute Gasteiger partial charge is 0.393 e. The Balaban J connectivity index is 1.36. The zero-order valence-corrected chi connectivity index (χ0v) is 40.2. The van der Waals surface area contributed by atoms with Crippen LogP contribution in [0, 0.1) is 0 Å². The molecule has 2 fully saturated rings. The summed E-state index contributed by atoms with van der Waals surface area (Å²) in [6.07, 6.45) is 2.94. The van der Waals surface area contributed by atoms with Gasteiger partial charge in [0, 0.05) is 53.6 Å². The summed E-state index contributed by atoms with van der Waals surface area (Å²) in [4.78, 5) is 136. The molecule has 10 N–H and O–H groups in total. The van der Waals surface area contributed by atoms with Crippen molar-refractivity contribution in [3.05, 3.63) is 26.6 Å². The first-order valence-electron chi connectivity index (χ1n) is 20.8. The molecule has 0 radical (unpaired) electrons. The van der Waals surface area contributed by atoms with Crippen LogP contribution in [0.4, 0.5) is 5.69 Å². The number of hydrogen-bond acceptors (Lipinski definition) is 14. The zero-order valence-electron chi connectivity index (χ0n) is 36.2. The molecule has 3 atom stereocenters. The Kier molecular flexibility index (Phi) is 23.0. The SMILES string of the molecule is CC(=O)NC(CSC1CC(=O)N(CCCC(=O)Nc2c(Br)cc(Br)cc2CN[C@H]2CC[C@H](O)CC2)C1=O)C(=O)NCC(=O)NCC(=O)NCC(=O)NCC(=O)NCC(=O)NC(C)C(C)=O. The number of halogens is 2. The summed E-state index contributed by atoms with van der Waals surface area (Å²) in [7, 11) is 0. The summed E-state index contributed by atoms with van der Waals surface area (Å²) in [5, 5.41) is 31.6. The van der Waals surface area contributed by atoms with Crippen molar-refractivity contribution < 1.29 is 57.8 Å². The lowest BCUT2D eigenvalue weighted by molar-refractivity contribution is -0.138. The van der Waals surface area contributed by atoms with Gasteiger partial charge in [-0.15, -0.1) is 11.8 Å². The van der Waals surface area contributed by atoms with E-state index in [0.717, 1.165) is 52.4 Å². The van der Waals surface area contributed by atoms with Gasteiger partial charge >= 0.3 is 0 Å². The number of benzene rings is 1. The van der Waals surface area contributed by atoms with Crippen LogP contribution in [0.15, 0.2) is 21.1 Å². The van der Waals surface area contributed by atoms with Gasteiger partial charge in [-0.25, -0.2) is 0 Å². The topological polar surface area (TPSA) is 320 Å². The first-order valence-corrected chi connectivity index (χ1v) is 23.4. The summed E-state index contributed by atoms with van der Waals surface area (Å²) in [6.45, 7) is 1.79. The Bertz CT molecular complexity index is 1970. The molecule has 2 aliphatic rings. The molecule has 358 valence electrons. The molecule has 3 rings (SSSR count). The second kappa shape index (κ2) is 27.5. The molecule has 65 heavy (non-hydrogen) atoms. The fourth-order valence-electron chi connectivity index (χ4n) is 6.35. The number of likely N-dealkylation sites (tertiary alicyclic amines) is 1. The highest BCUT2D eigenvalue weighted by Crippen LogP contribution is 2.32. The number of ketones is 1. The molecule has 3 unspecified atom stereocenters. The van der Waals surface area contributed by atoms with E-state index in [1.165, 1.54) is 20.8 Å². The van der Waals surface area contributed by atoms with Crippen molar-refractivity contribution in [2.75, 3.05) is 50.3 Å². The van der Waals surface area contributed by atoms with Crippen molar-refractivity contribution in [3.8, 4) is 0 Å². The number of rotatable bonds is 25. The van der Waals surface area contributed by atoms with Crippen LogP contribution in [0.5, 0.6) is 0 Å². The van der Waals surface area contributed by atoms with Crippen LogP contribution in [0.1, 0.15) is 71.3 Å². The minimum atomic E-state index is -1.20. The van der Waals surface area contributed by atoms with Crippen LogP contribution in [0.3, 0.4) is 0 Å². The van der Waals surface area contributed by atoms with Gasteiger partial charge in [-0.05, 0) is 79.6 Å². The number of amides is 10. The lowest BCUT2D eigenvalue weighted by Gasteiger charge is -2.27. The molecule has 1 saturated heterocycles. The van der Waals surface area contributed by atoms with Crippen LogP contribution in [0.25, 0.3) is 0 Å². The number of nitrogens with zero attached hydrogens (tertiary/aromatic N) is 1. The smallest absolute Gasteiger partial charge is 0.243 e. The fourth-order valence-corrected chi connectivity index (χ4v) is 8.95. The third-order valence-electron chi connectivity index (χ3n) is 10.0. The fraction of sp³-hybridized carbons (Fsp3) is 0.575. The monoisotopic (exact) mass is 1060 g/mol. The Morgan fingerprint density at radius 3 is 1.88 bits per heavy atom. The number of thioether (sulfide) groups is 1. The molecule has 0 aromatic heterocycles. The van der Waals surface area contributed by atoms with Crippen molar-refractivity contribution in [1.29, 1.82) is 0 Å². The van der Waals surface area contributed by atoms with Crippen molar-refractivity contribution in [1.82, 2.24) is 47.4 Å². The molecule has 22 nitrogen and oxygen atoms in total. The lowest BCUT2D eigenvalue weighted by atomic mass is 9.93. The molecule has 1 aliphatic heterocycles. The van der Waals surface area contributed by atoms with Gasteiger partial charge in [0.15, 0.2) is 5.78 Å². The third kappa shape index (κ3) is 20.0. The average molecular weight is 1060 g/mol. The van der Waals surface area contributed by atoms with E-state index in [-0.39, 0.29) is 55.4 Å². The molecule has 1 heterocycles. The van der Waals surface area contributed by atoms with Crippen molar-refractivity contribution >= 4 is 114 Å². The predicted octanol–water partition coefficient (Wildman–Crippen LogP) is -1.64. The predicted molar refractivity (Wildman–Crippen MR) is 243 cm³/mol. The number of Topliss-reactive ketones (excluding diaryl/α,β-unsaturated/α-hetero) is 1. The van der Waals surface area contributed by atoms with Gasteiger partial charge < -0.3 is 53.0 Å². The molecule has 1 aromatic carbocycles. The summed E-state index contributed by atoms with van der Waals surface area (Å²) < 4.78 is 1.49. The van der Waals surface area contributed by atoms with E-state index in [4.69, 9.17) is 0 Å². The van der Waals surface area contributed by atoms with Crippen molar-refractivity contribution in [3.63, 3.8) is 0 Å². The van der Waals surface area contributed by atoms with E-state index in [2.05, 4.69) is 79.7 Å². The maximum Gasteiger partial charge on any atom is 0.243 e. The van der Waals surface area contributed by atoms with Gasteiger partial charge in [0.1, 0.15) is 6.04 Å². The molecule has 0 spiro atoms. The van der Waals surface area contributed by atoms with Gasteiger partial charge in [-0.3, -0.25) is 57.6 Å². The number of hydrogen-bond donors (Lipinski definition) is 10. The molecular formula is C40H56Br2N10O12S. The molecule has 0 bridgehead atoms. The average Bonchev–Trinajstić information content (AvgIpc) is 3.52. The van der Waals surface area contributed by atoms with E-state index in [1.807, 2.05) is 12.1 Å². The molecule has 1 aromatic rings. The molecule has 1 aliphatic carbocycles. The third-order valence-corrected chi connectivity index (χ3v) is 12.4.